The average molecular weight is 624 g/mol. The Morgan fingerprint density at radius 1 is 1.22 bits per heavy atom. The van der Waals surface area contributed by atoms with E-state index in [9.17, 15) is 24.3 Å². The summed E-state index contributed by atoms with van der Waals surface area (Å²) in [5.41, 5.74) is -0.292. The van der Waals surface area contributed by atoms with Gasteiger partial charge in [-0.25, -0.2) is 0 Å². The molecular weight excluding hydrogens is 574 g/mol. The van der Waals surface area contributed by atoms with E-state index < -0.39 is 47.7 Å². The molecule has 10 nitrogen and oxygen atoms in total. The molecule has 2 bridgehead atoms. The fraction of sp³-hybridized carbons (Fsp3) is 0.600. The number of benzene rings is 1. The number of amides is 3. The highest BCUT2D eigenvalue weighted by molar-refractivity contribution is 5.98. The number of allylic oxidation sites excluding steroid dienone is 1. The summed E-state index contributed by atoms with van der Waals surface area (Å²) in [5, 5.41) is 13.4. The van der Waals surface area contributed by atoms with Crippen LogP contribution >= 0.6 is 0 Å². The normalized spacial score (nSPS) is 26.2. The van der Waals surface area contributed by atoms with E-state index in [0.717, 1.165) is 24.8 Å². The second-order valence-electron chi connectivity index (χ2n) is 12.5. The molecule has 7 atom stereocenters. The number of aliphatic hydroxyl groups is 1. The van der Waals surface area contributed by atoms with Crippen LogP contribution in [0.3, 0.4) is 0 Å². The summed E-state index contributed by atoms with van der Waals surface area (Å²) in [6.07, 6.45) is 7.04. The van der Waals surface area contributed by atoms with Crippen molar-refractivity contribution < 1.29 is 33.8 Å². The molecule has 3 amide bonds. The summed E-state index contributed by atoms with van der Waals surface area (Å²) in [6.45, 7) is 11.9. The highest BCUT2D eigenvalue weighted by atomic mass is 16.6. The SMILES string of the molecule is C=CCCC(=O)NC[C@H](C)OC(=O)[C@@H]1[C@@H]2CC[C@]3(O2)[C@H](C(=O)N(CC=C)CCCCC)N([C@@H](CO)Cc2ccccc2)C(=O)[C@@H]13. The van der Waals surface area contributed by atoms with Gasteiger partial charge in [0.2, 0.25) is 17.7 Å². The third-order valence-corrected chi connectivity index (χ3v) is 9.33. The van der Waals surface area contributed by atoms with Gasteiger partial charge in [0.05, 0.1) is 37.1 Å². The smallest absolute Gasteiger partial charge is 0.312 e. The maximum Gasteiger partial charge on any atom is 0.312 e. The number of fused-ring (bicyclic) bond motifs is 1. The Kier molecular flexibility index (Phi) is 12.0. The quantitative estimate of drug-likeness (QED) is 0.146. The van der Waals surface area contributed by atoms with E-state index in [1.54, 1.807) is 24.0 Å². The van der Waals surface area contributed by atoms with Crippen LogP contribution < -0.4 is 5.32 Å². The number of carbonyl (C=O) groups is 4. The third-order valence-electron chi connectivity index (χ3n) is 9.33. The molecule has 0 saturated carbocycles. The minimum Gasteiger partial charge on any atom is -0.460 e. The minimum atomic E-state index is -1.21. The summed E-state index contributed by atoms with van der Waals surface area (Å²) in [5.74, 6) is -3.18. The first-order valence-corrected chi connectivity index (χ1v) is 16.3. The van der Waals surface area contributed by atoms with Crippen molar-refractivity contribution in [3.8, 4) is 0 Å². The minimum absolute atomic E-state index is 0.134. The van der Waals surface area contributed by atoms with E-state index in [-0.39, 0.29) is 30.9 Å². The molecule has 4 rings (SSSR count). The van der Waals surface area contributed by atoms with Gasteiger partial charge in [-0.1, -0.05) is 62.2 Å². The number of esters is 1. The first-order valence-electron chi connectivity index (χ1n) is 16.3. The second kappa shape index (κ2) is 15.7. The summed E-state index contributed by atoms with van der Waals surface area (Å²) in [4.78, 5) is 58.0. The lowest BCUT2D eigenvalue weighted by Gasteiger charge is -2.39. The Bertz CT molecular complexity index is 1220. The second-order valence-corrected chi connectivity index (χ2v) is 12.5. The van der Waals surface area contributed by atoms with Gasteiger partial charge in [0.15, 0.2) is 0 Å². The largest absolute Gasteiger partial charge is 0.460 e. The van der Waals surface area contributed by atoms with Crippen molar-refractivity contribution in [3.63, 3.8) is 0 Å². The van der Waals surface area contributed by atoms with Crippen LogP contribution in [0.25, 0.3) is 0 Å². The molecule has 0 aliphatic carbocycles. The number of ether oxygens (including phenoxy) is 2. The molecule has 3 aliphatic heterocycles. The maximum atomic E-state index is 14.5. The standard InChI is InChI=1S/C35H49N3O7/c1-5-8-13-20-37(19-7-3)33(42)31-35-18-17-27(45-35)29(34(43)44-24(4)22-36-28(40)16-9-6-2)30(35)32(41)38(31)26(23-39)21-25-14-11-10-12-15-25/h6-7,10-12,14-15,24,26-27,29-31,39H,2-3,5,8-9,13,16-23H2,1,4H3,(H,36,40)/t24-,26+,27-,29+,30+,31-,35+/m0/s1. The number of hydrogen-bond acceptors (Lipinski definition) is 7. The number of likely N-dealkylation sites (tertiary alicyclic amines) is 1. The summed E-state index contributed by atoms with van der Waals surface area (Å²) in [6, 6.07) is 7.84. The van der Waals surface area contributed by atoms with Gasteiger partial charge in [-0.3, -0.25) is 19.2 Å². The van der Waals surface area contributed by atoms with Crippen LogP contribution in [-0.4, -0.2) is 94.7 Å². The van der Waals surface area contributed by atoms with E-state index in [1.165, 1.54) is 4.90 Å². The molecule has 1 spiro atoms. The predicted molar refractivity (Wildman–Crippen MR) is 170 cm³/mol. The van der Waals surface area contributed by atoms with E-state index in [4.69, 9.17) is 9.47 Å². The van der Waals surface area contributed by atoms with Gasteiger partial charge in [0.25, 0.3) is 0 Å². The predicted octanol–water partition coefficient (Wildman–Crippen LogP) is 3.18. The Hall–Kier alpha value is -3.50. The van der Waals surface area contributed by atoms with Crippen molar-refractivity contribution in [1.82, 2.24) is 15.1 Å². The van der Waals surface area contributed by atoms with Crippen LogP contribution in [0.2, 0.25) is 0 Å². The molecule has 1 aromatic rings. The first kappa shape index (κ1) is 34.4. The zero-order valence-electron chi connectivity index (χ0n) is 26.7. The fourth-order valence-electron chi connectivity index (χ4n) is 7.24. The number of carbonyl (C=O) groups excluding carboxylic acids is 4. The monoisotopic (exact) mass is 623 g/mol. The Labute approximate surface area is 266 Å². The number of aliphatic hydroxyl groups excluding tert-OH is 1. The van der Waals surface area contributed by atoms with E-state index in [0.29, 0.717) is 45.2 Å². The van der Waals surface area contributed by atoms with Crippen LogP contribution in [0.15, 0.2) is 55.6 Å². The molecule has 10 heteroatoms. The Morgan fingerprint density at radius 3 is 2.64 bits per heavy atom. The number of nitrogens with zero attached hydrogens (tertiary/aromatic N) is 2. The van der Waals surface area contributed by atoms with Crippen LogP contribution in [-0.2, 0) is 35.1 Å². The molecule has 246 valence electrons. The van der Waals surface area contributed by atoms with Crippen LogP contribution in [0.1, 0.15) is 64.4 Å². The number of unbranched alkanes of at least 4 members (excludes halogenated alkanes) is 2. The summed E-state index contributed by atoms with van der Waals surface area (Å²) >= 11 is 0. The summed E-state index contributed by atoms with van der Waals surface area (Å²) in [7, 11) is 0. The van der Waals surface area contributed by atoms with Gasteiger partial charge in [-0.2, -0.15) is 0 Å². The van der Waals surface area contributed by atoms with Crippen molar-refractivity contribution in [2.24, 2.45) is 11.8 Å². The van der Waals surface area contributed by atoms with Gasteiger partial charge < -0.3 is 29.7 Å². The van der Waals surface area contributed by atoms with Gasteiger partial charge >= 0.3 is 5.97 Å². The average Bonchev–Trinajstić information content (AvgIpc) is 3.68. The van der Waals surface area contributed by atoms with Gasteiger partial charge in [-0.05, 0) is 44.6 Å². The number of rotatable bonds is 18. The van der Waals surface area contributed by atoms with Crippen LogP contribution in [0, 0.1) is 11.8 Å². The van der Waals surface area contributed by atoms with E-state index >= 15 is 0 Å². The van der Waals surface area contributed by atoms with Gasteiger partial charge in [-0.15, -0.1) is 13.2 Å². The lowest BCUT2D eigenvalue weighted by molar-refractivity contribution is -0.160. The van der Waals surface area contributed by atoms with E-state index in [1.807, 2.05) is 30.3 Å². The Morgan fingerprint density at radius 2 is 1.98 bits per heavy atom. The molecule has 2 N–H and O–H groups in total. The zero-order chi connectivity index (χ0) is 32.6. The molecule has 1 aromatic carbocycles. The topological polar surface area (TPSA) is 125 Å². The molecule has 0 aromatic heterocycles. The van der Waals surface area contributed by atoms with Crippen molar-refractivity contribution in [2.45, 2.75) is 95.1 Å². The molecule has 3 saturated heterocycles. The summed E-state index contributed by atoms with van der Waals surface area (Å²) < 4.78 is 12.4. The highest BCUT2D eigenvalue weighted by Gasteiger charge is 2.75. The molecule has 3 heterocycles. The fourth-order valence-corrected chi connectivity index (χ4v) is 7.24. The van der Waals surface area contributed by atoms with Gasteiger partial charge in [0, 0.05) is 19.5 Å². The highest BCUT2D eigenvalue weighted by Crippen LogP contribution is 2.59. The number of hydrogen-bond donors (Lipinski definition) is 2. The number of nitrogens with one attached hydrogen (secondary N) is 1. The van der Waals surface area contributed by atoms with Crippen molar-refractivity contribution >= 4 is 23.7 Å². The van der Waals surface area contributed by atoms with Gasteiger partial charge in [0.1, 0.15) is 17.7 Å². The molecule has 0 radical (unpaired) electrons. The lowest BCUT2D eigenvalue weighted by Crippen LogP contribution is -2.59. The van der Waals surface area contributed by atoms with Crippen molar-refractivity contribution in [2.75, 3.05) is 26.2 Å². The third kappa shape index (κ3) is 7.33. The molecule has 0 unspecified atom stereocenters. The van der Waals surface area contributed by atoms with Crippen LogP contribution in [0.4, 0.5) is 0 Å². The van der Waals surface area contributed by atoms with Crippen molar-refractivity contribution in [1.29, 1.82) is 0 Å². The molecule has 3 aliphatic rings. The molecule has 3 fully saturated rings. The molecular formula is C35H49N3O7. The first-order chi connectivity index (χ1) is 21.7. The Balaban J connectivity index is 1.63. The van der Waals surface area contributed by atoms with E-state index in [2.05, 4.69) is 25.4 Å². The van der Waals surface area contributed by atoms with Crippen molar-refractivity contribution in [3.05, 3.63) is 61.2 Å². The zero-order valence-corrected chi connectivity index (χ0v) is 26.7. The molecule has 45 heavy (non-hydrogen) atoms. The van der Waals surface area contributed by atoms with Crippen LogP contribution in [0.5, 0.6) is 0 Å². The maximum absolute atomic E-state index is 14.5. The lowest BCUT2D eigenvalue weighted by atomic mass is 9.70.